The van der Waals surface area contributed by atoms with E-state index in [0.717, 1.165) is 9.78 Å². The maximum atomic E-state index is 11.5. The molecule has 0 aliphatic carbocycles. The van der Waals surface area contributed by atoms with Gasteiger partial charge in [0.05, 0.1) is 5.92 Å². The van der Waals surface area contributed by atoms with Crippen LogP contribution in [0.15, 0.2) is 17.5 Å². The molecule has 1 aromatic heterocycles. The lowest BCUT2D eigenvalue weighted by Crippen LogP contribution is -2.25. The third-order valence-corrected chi connectivity index (χ3v) is 2.88. The fourth-order valence-electron chi connectivity index (χ4n) is 0.999. The third kappa shape index (κ3) is 2.07. The van der Waals surface area contributed by atoms with Crippen molar-refractivity contribution in [2.45, 2.75) is 12.8 Å². The molecule has 68 valence electrons. The molecule has 1 unspecified atom stereocenters. The number of rotatable bonds is 2. The number of hydrogen-bond donors (Lipinski definition) is 0. The number of thiophene rings is 1. The van der Waals surface area contributed by atoms with Gasteiger partial charge in [-0.1, -0.05) is 6.07 Å². The summed E-state index contributed by atoms with van der Waals surface area (Å²) in [5, 5.41) is 10.4. The second-order valence-corrected chi connectivity index (χ2v) is 3.71. The van der Waals surface area contributed by atoms with Gasteiger partial charge in [-0.2, -0.15) is 5.26 Å². The molecular weight excluding hydrogens is 184 g/mol. The predicted octanol–water partition coefficient (Wildman–Crippen LogP) is 1.79. The maximum absolute atomic E-state index is 11.5. The van der Waals surface area contributed by atoms with Gasteiger partial charge in [-0.05, 0) is 18.4 Å². The van der Waals surface area contributed by atoms with Crippen molar-refractivity contribution in [1.82, 2.24) is 4.90 Å². The van der Waals surface area contributed by atoms with Crippen molar-refractivity contribution in [3.63, 3.8) is 0 Å². The van der Waals surface area contributed by atoms with Crippen LogP contribution in [-0.2, 0) is 4.79 Å². The quantitative estimate of drug-likeness (QED) is 0.532. The van der Waals surface area contributed by atoms with Gasteiger partial charge in [-0.15, -0.1) is 11.3 Å². The molecule has 1 amide bonds. The highest BCUT2D eigenvalue weighted by molar-refractivity contribution is 7.10. The van der Waals surface area contributed by atoms with E-state index >= 15 is 0 Å². The maximum Gasteiger partial charge on any atom is 0.243 e. The molecule has 4 heteroatoms. The Bertz CT molecular complexity index is 326. The lowest BCUT2D eigenvalue weighted by molar-refractivity contribution is -0.128. The van der Waals surface area contributed by atoms with Crippen LogP contribution in [0.2, 0.25) is 0 Å². The first-order chi connectivity index (χ1) is 6.16. The van der Waals surface area contributed by atoms with Gasteiger partial charge in [0.2, 0.25) is 5.91 Å². The number of nitrogens with zero attached hydrogens (tertiary/aromatic N) is 2. The average Bonchev–Trinajstić information content (AvgIpc) is 2.67. The molecule has 1 rings (SSSR count). The van der Waals surface area contributed by atoms with E-state index in [1.165, 1.54) is 18.4 Å². The Balaban J connectivity index is 2.75. The summed E-state index contributed by atoms with van der Waals surface area (Å²) in [6, 6.07) is 3.80. The first-order valence-corrected chi connectivity index (χ1v) is 4.75. The second-order valence-electron chi connectivity index (χ2n) is 2.73. The average molecular weight is 194 g/mol. The Labute approximate surface area is 81.2 Å². The lowest BCUT2D eigenvalue weighted by atomic mass is 10.1. The largest absolute Gasteiger partial charge is 0.273 e. The first kappa shape index (κ1) is 9.75. The summed E-state index contributed by atoms with van der Waals surface area (Å²) in [5.74, 6) is -0.380. The smallest absolute Gasteiger partial charge is 0.243 e. The fourth-order valence-corrected chi connectivity index (χ4v) is 1.78. The summed E-state index contributed by atoms with van der Waals surface area (Å²) in [4.78, 5) is 13.5. The Morgan fingerprint density at radius 3 is 2.92 bits per heavy atom. The van der Waals surface area contributed by atoms with Crippen molar-refractivity contribution in [3.05, 3.63) is 22.4 Å². The zero-order valence-corrected chi connectivity index (χ0v) is 8.34. The van der Waals surface area contributed by atoms with E-state index < -0.39 is 0 Å². The second kappa shape index (κ2) is 4.06. The predicted molar refractivity (Wildman–Crippen MR) is 51.1 cm³/mol. The number of hydrogen-bond acceptors (Lipinski definition) is 3. The summed E-state index contributed by atoms with van der Waals surface area (Å²) in [6.07, 6.45) is 1.80. The van der Waals surface area contributed by atoms with E-state index in [-0.39, 0.29) is 11.8 Å². The van der Waals surface area contributed by atoms with Gasteiger partial charge >= 0.3 is 0 Å². The highest BCUT2D eigenvalue weighted by Gasteiger charge is 2.19. The van der Waals surface area contributed by atoms with Gasteiger partial charge < -0.3 is 0 Å². The molecule has 0 saturated carbocycles. The standard InChI is InChI=1S/C9H10N2OS/c1-7(8-4-3-5-13-8)9(12)11(2)6-10/h3-5,7H,1-2H3. The number of amides is 1. The van der Waals surface area contributed by atoms with E-state index in [1.807, 2.05) is 24.4 Å². The molecule has 0 spiro atoms. The number of carbonyl (C=O) groups excluding carboxylic acids is 1. The first-order valence-electron chi connectivity index (χ1n) is 3.87. The van der Waals surface area contributed by atoms with Crippen LogP contribution in [0.3, 0.4) is 0 Å². The van der Waals surface area contributed by atoms with Crippen LogP contribution in [-0.4, -0.2) is 17.9 Å². The molecule has 0 radical (unpaired) electrons. The molecule has 0 aliphatic heterocycles. The van der Waals surface area contributed by atoms with E-state index in [0.29, 0.717) is 0 Å². The van der Waals surface area contributed by atoms with Gasteiger partial charge in [0, 0.05) is 11.9 Å². The number of carbonyl (C=O) groups is 1. The van der Waals surface area contributed by atoms with Crippen LogP contribution in [0.5, 0.6) is 0 Å². The monoisotopic (exact) mass is 194 g/mol. The molecule has 0 bridgehead atoms. The molecule has 1 aromatic rings. The highest BCUT2D eigenvalue weighted by atomic mass is 32.1. The third-order valence-electron chi connectivity index (χ3n) is 1.82. The van der Waals surface area contributed by atoms with Crippen molar-refractivity contribution in [2.75, 3.05) is 7.05 Å². The summed E-state index contributed by atoms with van der Waals surface area (Å²) in [6.45, 7) is 1.81. The van der Waals surface area contributed by atoms with Crippen molar-refractivity contribution in [2.24, 2.45) is 0 Å². The number of nitriles is 1. The minimum atomic E-state index is -0.218. The molecule has 1 heterocycles. The van der Waals surface area contributed by atoms with Crippen LogP contribution in [0.4, 0.5) is 0 Å². The topological polar surface area (TPSA) is 44.1 Å². The Hall–Kier alpha value is -1.34. The van der Waals surface area contributed by atoms with E-state index in [9.17, 15) is 4.79 Å². The molecule has 0 aromatic carbocycles. The van der Waals surface area contributed by atoms with E-state index in [1.54, 1.807) is 6.19 Å². The zero-order valence-electron chi connectivity index (χ0n) is 7.52. The molecular formula is C9H10N2OS. The zero-order chi connectivity index (χ0) is 9.84. The molecule has 0 aliphatic rings. The van der Waals surface area contributed by atoms with Crippen molar-refractivity contribution in [1.29, 1.82) is 5.26 Å². The minimum Gasteiger partial charge on any atom is -0.273 e. The van der Waals surface area contributed by atoms with Crippen molar-refractivity contribution >= 4 is 17.2 Å². The van der Waals surface area contributed by atoms with Crippen LogP contribution in [0.1, 0.15) is 17.7 Å². The van der Waals surface area contributed by atoms with Crippen LogP contribution < -0.4 is 0 Å². The van der Waals surface area contributed by atoms with E-state index in [4.69, 9.17) is 5.26 Å². The van der Waals surface area contributed by atoms with Crippen molar-refractivity contribution < 1.29 is 4.79 Å². The van der Waals surface area contributed by atoms with Crippen molar-refractivity contribution in [3.8, 4) is 6.19 Å². The van der Waals surface area contributed by atoms with Gasteiger partial charge in [-0.25, -0.2) is 0 Å². The molecule has 0 saturated heterocycles. The van der Waals surface area contributed by atoms with Gasteiger partial charge in [0.15, 0.2) is 6.19 Å². The number of likely N-dealkylation sites (N-methyl/N-ethyl adjacent to an activating group) is 1. The normalized spacial score (nSPS) is 11.8. The fraction of sp³-hybridized carbons (Fsp3) is 0.333. The van der Waals surface area contributed by atoms with Gasteiger partial charge in [-0.3, -0.25) is 9.69 Å². The molecule has 1 atom stereocenters. The molecule has 0 fully saturated rings. The van der Waals surface area contributed by atoms with Gasteiger partial charge in [0.25, 0.3) is 0 Å². The summed E-state index contributed by atoms with van der Waals surface area (Å²) in [7, 11) is 1.48. The SMILES string of the molecule is CC(C(=O)N(C)C#N)c1cccs1. The Kier molecular flexibility index (Phi) is 3.04. The summed E-state index contributed by atoms with van der Waals surface area (Å²) < 4.78 is 0. The highest BCUT2D eigenvalue weighted by Crippen LogP contribution is 2.21. The molecule has 0 N–H and O–H groups in total. The summed E-state index contributed by atoms with van der Waals surface area (Å²) in [5.41, 5.74) is 0. The molecule has 3 nitrogen and oxygen atoms in total. The Morgan fingerprint density at radius 1 is 1.77 bits per heavy atom. The van der Waals surface area contributed by atoms with Gasteiger partial charge in [0.1, 0.15) is 0 Å². The summed E-state index contributed by atoms with van der Waals surface area (Å²) >= 11 is 1.53. The van der Waals surface area contributed by atoms with Crippen LogP contribution in [0.25, 0.3) is 0 Å². The molecule has 13 heavy (non-hydrogen) atoms. The minimum absolute atomic E-state index is 0.162. The Morgan fingerprint density at radius 2 is 2.46 bits per heavy atom. The van der Waals surface area contributed by atoms with Crippen LogP contribution >= 0.6 is 11.3 Å². The van der Waals surface area contributed by atoms with Crippen LogP contribution in [0, 0.1) is 11.5 Å². The lowest BCUT2D eigenvalue weighted by Gasteiger charge is -2.12. The van der Waals surface area contributed by atoms with E-state index in [2.05, 4.69) is 0 Å².